The number of carboxylic acids is 1. The third kappa shape index (κ3) is 4.03. The topological polar surface area (TPSA) is 96.9 Å². The average Bonchev–Trinajstić information content (AvgIpc) is 2.39. The van der Waals surface area contributed by atoms with E-state index in [1.807, 2.05) is 0 Å². The van der Waals surface area contributed by atoms with E-state index in [4.69, 9.17) is 15.6 Å². The van der Waals surface area contributed by atoms with E-state index in [0.717, 1.165) is 6.08 Å². The Morgan fingerprint density at radius 1 is 1.26 bits per heavy atom. The van der Waals surface area contributed by atoms with Crippen molar-refractivity contribution in [1.29, 1.82) is 10.5 Å². The van der Waals surface area contributed by atoms with Gasteiger partial charge in [0.1, 0.15) is 12.1 Å². The molecule has 1 aromatic rings. The first-order chi connectivity index (χ1) is 9.08. The highest BCUT2D eigenvalue weighted by molar-refractivity contribution is 5.82. The summed E-state index contributed by atoms with van der Waals surface area (Å²) in [6, 6.07) is 12.4. The molecular weight excluding hydrogens is 242 g/mol. The lowest BCUT2D eigenvalue weighted by atomic mass is 10.1. The van der Waals surface area contributed by atoms with E-state index in [-0.39, 0.29) is 5.57 Å². The largest absolute Gasteiger partial charge is 0.478 e. The summed E-state index contributed by atoms with van der Waals surface area (Å²) in [6.45, 7) is 1.55. The minimum atomic E-state index is -1.10. The second-order valence-corrected chi connectivity index (χ2v) is 3.63. The Morgan fingerprint density at radius 3 is 2.32 bits per heavy atom. The van der Waals surface area contributed by atoms with Crippen LogP contribution in [0.1, 0.15) is 12.5 Å². The Morgan fingerprint density at radius 2 is 1.84 bits per heavy atom. The number of nitrogens with one attached hydrogen (secondary N) is 1. The van der Waals surface area contributed by atoms with Crippen LogP contribution in [0.4, 0.5) is 0 Å². The van der Waals surface area contributed by atoms with Crippen molar-refractivity contribution < 1.29 is 9.90 Å². The van der Waals surface area contributed by atoms with Crippen molar-refractivity contribution in [3.05, 3.63) is 53.2 Å². The number of aliphatic carboxylic acids is 1. The van der Waals surface area contributed by atoms with Gasteiger partial charge in [0.15, 0.2) is 5.57 Å². The highest BCUT2D eigenvalue weighted by Crippen LogP contribution is 2.16. The summed E-state index contributed by atoms with van der Waals surface area (Å²) in [6.07, 6.45) is 0.968. The summed E-state index contributed by atoms with van der Waals surface area (Å²) in [5, 5.41) is 29.3. The van der Waals surface area contributed by atoms with E-state index >= 15 is 0 Å². The molecule has 0 aromatic heterocycles. The maximum Gasteiger partial charge on any atom is 0.330 e. The molecule has 1 aromatic carbocycles. The molecule has 0 saturated heterocycles. The zero-order valence-corrected chi connectivity index (χ0v) is 10.2. The molecule has 0 saturated carbocycles. The fourth-order valence-corrected chi connectivity index (χ4v) is 1.44. The number of allylic oxidation sites excluding steroid dienone is 2. The van der Waals surface area contributed by atoms with Crippen LogP contribution in [0.2, 0.25) is 0 Å². The predicted octanol–water partition coefficient (Wildman–Crippen LogP) is 2.02. The van der Waals surface area contributed by atoms with Crippen LogP contribution in [0.15, 0.2) is 47.7 Å². The van der Waals surface area contributed by atoms with Gasteiger partial charge in [-0.1, -0.05) is 30.3 Å². The average molecular weight is 253 g/mol. The first kappa shape index (κ1) is 14.0. The fourth-order valence-electron chi connectivity index (χ4n) is 1.44. The molecule has 0 bridgehead atoms. The zero-order valence-electron chi connectivity index (χ0n) is 10.2. The van der Waals surface area contributed by atoms with Gasteiger partial charge in [-0.2, -0.15) is 10.5 Å². The van der Waals surface area contributed by atoms with Crippen molar-refractivity contribution in [2.45, 2.75) is 6.92 Å². The van der Waals surface area contributed by atoms with Gasteiger partial charge in [-0.3, -0.25) is 0 Å². The molecule has 5 heteroatoms. The van der Waals surface area contributed by atoms with E-state index in [0.29, 0.717) is 17.0 Å². The number of benzene rings is 1. The first-order valence-corrected chi connectivity index (χ1v) is 5.36. The molecule has 1 rings (SSSR count). The Balaban J connectivity index is 3.26. The molecule has 0 aliphatic rings. The summed E-state index contributed by atoms with van der Waals surface area (Å²) >= 11 is 0. The Bertz CT molecular complexity index is 600. The lowest BCUT2D eigenvalue weighted by molar-refractivity contribution is -0.131. The van der Waals surface area contributed by atoms with Gasteiger partial charge < -0.3 is 10.4 Å². The summed E-state index contributed by atoms with van der Waals surface area (Å²) in [7, 11) is 0. The Hall–Kier alpha value is -3.05. The normalized spacial score (nSPS) is 9.95. The van der Waals surface area contributed by atoms with Crippen LogP contribution >= 0.6 is 0 Å². The van der Waals surface area contributed by atoms with E-state index in [9.17, 15) is 4.79 Å². The van der Waals surface area contributed by atoms with Gasteiger partial charge in [0, 0.05) is 17.3 Å². The maximum absolute atomic E-state index is 10.6. The van der Waals surface area contributed by atoms with Crippen LogP contribution in [0.25, 0.3) is 5.70 Å². The fraction of sp³-hybridized carbons (Fsp3) is 0.0714. The van der Waals surface area contributed by atoms with Crippen molar-refractivity contribution >= 4 is 11.7 Å². The SMILES string of the molecule is CC(=CC(=O)O)NC(=C(C#N)C#N)c1ccccc1. The molecule has 0 atom stereocenters. The Labute approximate surface area is 110 Å². The van der Waals surface area contributed by atoms with E-state index in [1.165, 1.54) is 0 Å². The summed E-state index contributed by atoms with van der Waals surface area (Å²) in [4.78, 5) is 10.6. The van der Waals surface area contributed by atoms with Crippen LogP contribution in [0.3, 0.4) is 0 Å². The van der Waals surface area contributed by atoms with Crippen molar-refractivity contribution in [2.75, 3.05) is 0 Å². The molecule has 5 nitrogen and oxygen atoms in total. The highest BCUT2D eigenvalue weighted by atomic mass is 16.4. The number of hydrogen-bond donors (Lipinski definition) is 2. The van der Waals surface area contributed by atoms with Crippen molar-refractivity contribution in [2.24, 2.45) is 0 Å². The standard InChI is InChI=1S/C14H11N3O2/c1-10(7-13(18)19)17-14(12(8-15)9-16)11-5-3-2-4-6-11/h2-7,17H,1H3,(H,18,19). The number of carbonyl (C=O) groups is 1. The smallest absolute Gasteiger partial charge is 0.330 e. The first-order valence-electron chi connectivity index (χ1n) is 5.36. The highest BCUT2D eigenvalue weighted by Gasteiger charge is 2.09. The van der Waals surface area contributed by atoms with Gasteiger partial charge >= 0.3 is 5.97 Å². The molecule has 0 spiro atoms. The van der Waals surface area contributed by atoms with E-state index in [2.05, 4.69) is 5.32 Å². The number of nitrogens with zero attached hydrogens (tertiary/aromatic N) is 2. The molecule has 0 amide bonds. The third-order valence-electron chi connectivity index (χ3n) is 2.20. The van der Waals surface area contributed by atoms with E-state index < -0.39 is 5.97 Å². The molecule has 0 aliphatic heterocycles. The van der Waals surface area contributed by atoms with Crippen LogP contribution in [0.5, 0.6) is 0 Å². The maximum atomic E-state index is 10.6. The molecule has 0 aliphatic carbocycles. The van der Waals surface area contributed by atoms with Crippen LogP contribution in [-0.2, 0) is 4.79 Å². The van der Waals surface area contributed by atoms with Crippen LogP contribution in [0, 0.1) is 22.7 Å². The number of hydrogen-bond acceptors (Lipinski definition) is 4. The van der Waals surface area contributed by atoms with Gasteiger partial charge in [0.2, 0.25) is 0 Å². The quantitative estimate of drug-likeness (QED) is 0.632. The molecule has 0 fully saturated rings. The summed E-state index contributed by atoms with van der Waals surface area (Å²) in [5.41, 5.74) is 1.15. The molecule has 94 valence electrons. The Kier molecular flexibility index (Phi) is 4.89. The van der Waals surface area contributed by atoms with Crippen LogP contribution in [-0.4, -0.2) is 11.1 Å². The van der Waals surface area contributed by atoms with Gasteiger partial charge in [-0.25, -0.2) is 4.79 Å². The molecule has 0 radical (unpaired) electrons. The third-order valence-corrected chi connectivity index (χ3v) is 2.20. The number of carboxylic acid groups (broad SMARTS) is 1. The number of rotatable bonds is 4. The number of nitriles is 2. The second-order valence-electron chi connectivity index (χ2n) is 3.63. The monoisotopic (exact) mass is 253 g/mol. The second kappa shape index (κ2) is 6.63. The van der Waals surface area contributed by atoms with Crippen molar-refractivity contribution in [3.63, 3.8) is 0 Å². The molecule has 2 N–H and O–H groups in total. The van der Waals surface area contributed by atoms with Gasteiger partial charge in [-0.05, 0) is 6.92 Å². The summed E-state index contributed by atoms with van der Waals surface area (Å²) < 4.78 is 0. The lowest BCUT2D eigenvalue weighted by Gasteiger charge is -2.11. The molecule has 19 heavy (non-hydrogen) atoms. The molecule has 0 unspecified atom stereocenters. The zero-order chi connectivity index (χ0) is 14.3. The predicted molar refractivity (Wildman–Crippen MR) is 69.1 cm³/mol. The van der Waals surface area contributed by atoms with Gasteiger partial charge in [0.25, 0.3) is 0 Å². The summed E-state index contributed by atoms with van der Waals surface area (Å²) in [5.74, 6) is -1.10. The van der Waals surface area contributed by atoms with E-state index in [1.54, 1.807) is 49.4 Å². The minimum Gasteiger partial charge on any atom is -0.478 e. The molecular formula is C14H11N3O2. The van der Waals surface area contributed by atoms with Gasteiger partial charge in [-0.15, -0.1) is 0 Å². The molecule has 0 heterocycles. The minimum absolute atomic E-state index is 0.107. The van der Waals surface area contributed by atoms with Crippen molar-refractivity contribution in [1.82, 2.24) is 5.32 Å². The van der Waals surface area contributed by atoms with Crippen molar-refractivity contribution in [3.8, 4) is 12.1 Å². The van der Waals surface area contributed by atoms with Crippen LogP contribution < -0.4 is 5.32 Å². The lowest BCUT2D eigenvalue weighted by Crippen LogP contribution is -2.13. The van der Waals surface area contributed by atoms with Gasteiger partial charge in [0.05, 0.1) is 5.70 Å².